The fraction of sp³-hybridized carbons (Fsp3) is 0.333. The number of hydrogen-bond donors (Lipinski definition) is 1. The molecule has 0 radical (unpaired) electrons. The van der Waals surface area contributed by atoms with E-state index >= 15 is 0 Å². The van der Waals surface area contributed by atoms with Crippen molar-refractivity contribution in [3.8, 4) is 0 Å². The average molecular weight is 226 g/mol. The standard InChI is InChI=1S/C12H13ClFN/c13-11-8-9(14)6-7-12(11)15-10-4-2-1-3-5-10/h2,4,6-8,10,15H,1,3,5H2. The molecule has 0 saturated carbocycles. The van der Waals surface area contributed by atoms with Crippen molar-refractivity contribution in [1.29, 1.82) is 0 Å². The summed E-state index contributed by atoms with van der Waals surface area (Å²) in [7, 11) is 0. The molecule has 0 saturated heterocycles. The summed E-state index contributed by atoms with van der Waals surface area (Å²) in [4.78, 5) is 0. The summed E-state index contributed by atoms with van der Waals surface area (Å²) < 4.78 is 12.8. The lowest BCUT2D eigenvalue weighted by Gasteiger charge is -2.19. The summed E-state index contributed by atoms with van der Waals surface area (Å²) in [6.45, 7) is 0. The maximum atomic E-state index is 12.8. The van der Waals surface area contributed by atoms with Gasteiger partial charge in [-0.3, -0.25) is 0 Å². The second-order valence-corrected chi connectivity index (χ2v) is 4.14. The minimum absolute atomic E-state index is 0.301. The minimum Gasteiger partial charge on any atom is -0.378 e. The van der Waals surface area contributed by atoms with Crippen molar-refractivity contribution in [1.82, 2.24) is 0 Å². The zero-order valence-electron chi connectivity index (χ0n) is 8.34. The van der Waals surface area contributed by atoms with Gasteiger partial charge in [0.05, 0.1) is 10.7 Å². The molecule has 0 amide bonds. The van der Waals surface area contributed by atoms with Crippen molar-refractivity contribution in [2.75, 3.05) is 5.32 Å². The topological polar surface area (TPSA) is 12.0 Å². The monoisotopic (exact) mass is 225 g/mol. The molecule has 1 unspecified atom stereocenters. The zero-order valence-corrected chi connectivity index (χ0v) is 9.10. The molecule has 2 rings (SSSR count). The van der Waals surface area contributed by atoms with E-state index in [9.17, 15) is 4.39 Å². The molecule has 0 aromatic heterocycles. The number of hydrogen-bond acceptors (Lipinski definition) is 1. The van der Waals surface area contributed by atoms with Crippen LogP contribution in [0.25, 0.3) is 0 Å². The lowest BCUT2D eigenvalue weighted by molar-refractivity contribution is 0.627. The molecule has 0 fully saturated rings. The first kappa shape index (κ1) is 10.5. The van der Waals surface area contributed by atoms with Gasteiger partial charge in [0.1, 0.15) is 5.82 Å². The van der Waals surface area contributed by atoms with Gasteiger partial charge in [0.15, 0.2) is 0 Å². The van der Waals surface area contributed by atoms with Gasteiger partial charge in [-0.25, -0.2) is 4.39 Å². The van der Waals surface area contributed by atoms with E-state index in [1.807, 2.05) is 0 Å². The molecule has 1 aromatic rings. The summed E-state index contributed by atoms with van der Waals surface area (Å²) in [5, 5.41) is 3.73. The van der Waals surface area contributed by atoms with E-state index in [2.05, 4.69) is 17.5 Å². The van der Waals surface area contributed by atoms with Gasteiger partial charge >= 0.3 is 0 Å². The molecule has 15 heavy (non-hydrogen) atoms. The van der Waals surface area contributed by atoms with Crippen molar-refractivity contribution in [2.45, 2.75) is 25.3 Å². The van der Waals surface area contributed by atoms with Crippen LogP contribution in [0.4, 0.5) is 10.1 Å². The highest BCUT2D eigenvalue weighted by molar-refractivity contribution is 6.33. The van der Waals surface area contributed by atoms with Gasteiger partial charge in [-0.1, -0.05) is 23.8 Å². The lowest BCUT2D eigenvalue weighted by atomic mass is 10.0. The number of benzene rings is 1. The highest BCUT2D eigenvalue weighted by atomic mass is 35.5. The van der Waals surface area contributed by atoms with Crippen molar-refractivity contribution >= 4 is 17.3 Å². The molecule has 0 heterocycles. The molecule has 1 N–H and O–H groups in total. The van der Waals surface area contributed by atoms with Gasteiger partial charge in [0.2, 0.25) is 0 Å². The Morgan fingerprint density at radius 3 is 2.93 bits per heavy atom. The third-order valence-corrected chi connectivity index (χ3v) is 2.84. The van der Waals surface area contributed by atoms with Crippen molar-refractivity contribution in [3.05, 3.63) is 41.2 Å². The summed E-state index contributed by atoms with van der Waals surface area (Å²) in [5.74, 6) is -0.301. The van der Waals surface area contributed by atoms with E-state index in [1.54, 1.807) is 6.07 Å². The molecule has 1 atom stereocenters. The van der Waals surface area contributed by atoms with Crippen LogP contribution < -0.4 is 5.32 Å². The summed E-state index contributed by atoms with van der Waals surface area (Å²) >= 11 is 5.92. The van der Waals surface area contributed by atoms with Gasteiger partial charge in [0, 0.05) is 6.04 Å². The Bertz CT molecular complexity index is 376. The lowest BCUT2D eigenvalue weighted by Crippen LogP contribution is -2.18. The van der Waals surface area contributed by atoms with E-state index in [0.29, 0.717) is 11.1 Å². The molecule has 1 aromatic carbocycles. The third kappa shape index (κ3) is 2.72. The number of halogens is 2. The van der Waals surface area contributed by atoms with Gasteiger partial charge in [-0.15, -0.1) is 0 Å². The molecule has 0 aliphatic heterocycles. The molecule has 1 nitrogen and oxygen atoms in total. The largest absolute Gasteiger partial charge is 0.378 e. The summed E-state index contributed by atoms with van der Waals surface area (Å²) in [5.41, 5.74) is 0.801. The SMILES string of the molecule is Fc1ccc(NC2C=CCCC2)c(Cl)c1. The molecule has 80 valence electrons. The third-order valence-electron chi connectivity index (χ3n) is 2.53. The quantitative estimate of drug-likeness (QED) is 0.751. The molecule has 0 bridgehead atoms. The Kier molecular flexibility index (Phi) is 3.27. The number of anilines is 1. The van der Waals surface area contributed by atoms with Gasteiger partial charge in [0.25, 0.3) is 0 Å². The average Bonchev–Trinajstić information content (AvgIpc) is 2.24. The summed E-state index contributed by atoms with van der Waals surface area (Å²) in [6.07, 6.45) is 7.74. The Balaban J connectivity index is 2.09. The molecule has 0 spiro atoms. The molecule has 1 aliphatic carbocycles. The Labute approximate surface area is 93.9 Å². The van der Waals surface area contributed by atoms with Crippen LogP contribution in [0.2, 0.25) is 5.02 Å². The second-order valence-electron chi connectivity index (χ2n) is 3.73. The normalized spacial score (nSPS) is 20.3. The maximum absolute atomic E-state index is 12.8. The van der Waals surface area contributed by atoms with Crippen LogP contribution in [-0.2, 0) is 0 Å². The number of allylic oxidation sites excluding steroid dienone is 1. The zero-order chi connectivity index (χ0) is 10.7. The van der Waals surface area contributed by atoms with E-state index in [0.717, 1.165) is 18.5 Å². The minimum atomic E-state index is -0.301. The second kappa shape index (κ2) is 4.67. The van der Waals surface area contributed by atoms with Gasteiger partial charge < -0.3 is 5.32 Å². The first-order valence-electron chi connectivity index (χ1n) is 5.14. The molecule has 1 aliphatic rings. The van der Waals surface area contributed by atoms with Crippen molar-refractivity contribution in [2.24, 2.45) is 0 Å². The van der Waals surface area contributed by atoms with E-state index < -0.39 is 0 Å². The van der Waals surface area contributed by atoms with Crippen LogP contribution in [0.5, 0.6) is 0 Å². The summed E-state index contributed by atoms with van der Waals surface area (Å²) in [6, 6.07) is 4.75. The highest BCUT2D eigenvalue weighted by Gasteiger charge is 2.09. The van der Waals surface area contributed by atoms with Crippen LogP contribution in [0, 0.1) is 5.82 Å². The maximum Gasteiger partial charge on any atom is 0.124 e. The van der Waals surface area contributed by atoms with Crippen LogP contribution >= 0.6 is 11.6 Å². The Morgan fingerprint density at radius 1 is 1.40 bits per heavy atom. The highest BCUT2D eigenvalue weighted by Crippen LogP contribution is 2.25. The molecular formula is C12H13ClFN. The van der Waals surface area contributed by atoms with Crippen LogP contribution in [-0.4, -0.2) is 6.04 Å². The van der Waals surface area contributed by atoms with Crippen LogP contribution in [0.1, 0.15) is 19.3 Å². The van der Waals surface area contributed by atoms with Crippen molar-refractivity contribution < 1.29 is 4.39 Å². The molecular weight excluding hydrogens is 213 g/mol. The fourth-order valence-electron chi connectivity index (χ4n) is 1.74. The van der Waals surface area contributed by atoms with Crippen LogP contribution in [0.3, 0.4) is 0 Å². The van der Waals surface area contributed by atoms with E-state index in [4.69, 9.17) is 11.6 Å². The van der Waals surface area contributed by atoms with E-state index in [-0.39, 0.29) is 5.82 Å². The smallest absolute Gasteiger partial charge is 0.124 e. The van der Waals surface area contributed by atoms with Gasteiger partial charge in [-0.2, -0.15) is 0 Å². The van der Waals surface area contributed by atoms with Gasteiger partial charge in [-0.05, 0) is 37.5 Å². The Morgan fingerprint density at radius 2 is 2.27 bits per heavy atom. The first-order valence-corrected chi connectivity index (χ1v) is 5.52. The number of rotatable bonds is 2. The van der Waals surface area contributed by atoms with Crippen LogP contribution in [0.15, 0.2) is 30.4 Å². The number of nitrogens with one attached hydrogen (secondary N) is 1. The van der Waals surface area contributed by atoms with Crippen molar-refractivity contribution in [3.63, 3.8) is 0 Å². The predicted molar refractivity (Wildman–Crippen MR) is 61.8 cm³/mol. The Hall–Kier alpha value is -1.02. The molecule has 3 heteroatoms. The van der Waals surface area contributed by atoms with E-state index in [1.165, 1.54) is 18.6 Å². The fourth-order valence-corrected chi connectivity index (χ4v) is 1.96. The first-order chi connectivity index (χ1) is 7.25. The predicted octanol–water partition coefficient (Wildman–Crippen LogP) is 4.00.